The lowest BCUT2D eigenvalue weighted by atomic mass is 9.97. The average Bonchev–Trinajstić information content (AvgIpc) is 2.73. The highest BCUT2D eigenvalue weighted by Crippen LogP contribution is 2.27. The van der Waals surface area contributed by atoms with E-state index in [1.54, 1.807) is 6.21 Å². The zero-order valence-electron chi connectivity index (χ0n) is 16.5. The molecular weight excluding hydrogens is 358 g/mol. The summed E-state index contributed by atoms with van der Waals surface area (Å²) in [6.07, 6.45) is 1.74. The molecule has 144 valence electrons. The van der Waals surface area contributed by atoms with Crippen LogP contribution >= 0.6 is 0 Å². The van der Waals surface area contributed by atoms with Gasteiger partial charge in [-0.05, 0) is 59.2 Å². The lowest BCUT2D eigenvalue weighted by Gasteiger charge is -2.14. The first kappa shape index (κ1) is 18.7. The molecule has 0 unspecified atom stereocenters. The minimum absolute atomic E-state index is 0.188. The summed E-state index contributed by atoms with van der Waals surface area (Å²) in [7, 11) is 0. The molecule has 0 aliphatic carbocycles. The number of anilines is 1. The Kier molecular flexibility index (Phi) is 5.25. The van der Waals surface area contributed by atoms with Crippen LogP contribution in [0.2, 0.25) is 0 Å². The molecule has 1 atom stereocenters. The second-order valence-electron chi connectivity index (χ2n) is 7.20. The van der Waals surface area contributed by atoms with Crippen LogP contribution in [0.5, 0.6) is 0 Å². The van der Waals surface area contributed by atoms with Gasteiger partial charge in [0.05, 0.1) is 6.21 Å². The van der Waals surface area contributed by atoms with Gasteiger partial charge in [-0.25, -0.2) is 5.43 Å². The summed E-state index contributed by atoms with van der Waals surface area (Å²) in [5.74, 6) is -0.188. The number of rotatable bonds is 5. The SMILES string of the molecule is Cc1cccc(N[C@@H](C)C(=O)N/N=C\c2c3ccccc3cc3ccccc23)c1. The Morgan fingerprint density at radius 3 is 2.21 bits per heavy atom. The number of carbonyl (C=O) groups is 1. The number of hydrazone groups is 1. The van der Waals surface area contributed by atoms with Crippen molar-refractivity contribution < 1.29 is 4.79 Å². The summed E-state index contributed by atoms with van der Waals surface area (Å²) >= 11 is 0. The van der Waals surface area contributed by atoms with Gasteiger partial charge in [0.2, 0.25) is 0 Å². The van der Waals surface area contributed by atoms with Crippen LogP contribution in [0.15, 0.2) is 84.0 Å². The summed E-state index contributed by atoms with van der Waals surface area (Å²) in [4.78, 5) is 12.5. The minimum atomic E-state index is -0.404. The third-order valence-corrected chi connectivity index (χ3v) is 4.98. The van der Waals surface area contributed by atoms with E-state index in [4.69, 9.17) is 0 Å². The highest BCUT2D eigenvalue weighted by molar-refractivity contribution is 6.13. The molecular formula is C25H23N3O. The fourth-order valence-corrected chi connectivity index (χ4v) is 3.50. The van der Waals surface area contributed by atoms with Crippen molar-refractivity contribution in [1.82, 2.24) is 5.43 Å². The van der Waals surface area contributed by atoms with Gasteiger partial charge in [-0.2, -0.15) is 5.10 Å². The van der Waals surface area contributed by atoms with Gasteiger partial charge in [-0.3, -0.25) is 4.79 Å². The van der Waals surface area contributed by atoms with E-state index in [-0.39, 0.29) is 5.91 Å². The maximum atomic E-state index is 12.5. The number of aryl methyl sites for hydroxylation is 1. The molecule has 0 saturated carbocycles. The van der Waals surface area contributed by atoms with Crippen molar-refractivity contribution in [2.24, 2.45) is 5.10 Å². The number of nitrogens with one attached hydrogen (secondary N) is 2. The molecule has 0 fully saturated rings. The van der Waals surface area contributed by atoms with Crippen molar-refractivity contribution in [2.45, 2.75) is 19.9 Å². The highest BCUT2D eigenvalue weighted by Gasteiger charge is 2.12. The molecule has 0 saturated heterocycles. The first-order chi connectivity index (χ1) is 14.1. The smallest absolute Gasteiger partial charge is 0.262 e. The van der Waals surface area contributed by atoms with Crippen LogP contribution < -0.4 is 10.7 Å². The Hall–Kier alpha value is -3.66. The molecule has 4 heteroatoms. The van der Waals surface area contributed by atoms with E-state index in [2.05, 4.69) is 46.2 Å². The largest absolute Gasteiger partial charge is 0.374 e. The second kappa shape index (κ2) is 8.15. The van der Waals surface area contributed by atoms with Crippen LogP contribution in [0, 0.1) is 6.92 Å². The summed E-state index contributed by atoms with van der Waals surface area (Å²) in [6, 6.07) is 26.1. The van der Waals surface area contributed by atoms with Crippen molar-refractivity contribution in [3.05, 3.63) is 90.0 Å². The van der Waals surface area contributed by atoms with Crippen LogP contribution in [0.3, 0.4) is 0 Å². The molecule has 1 amide bonds. The molecule has 0 aliphatic heterocycles. The van der Waals surface area contributed by atoms with Gasteiger partial charge in [0.1, 0.15) is 6.04 Å². The van der Waals surface area contributed by atoms with Gasteiger partial charge >= 0.3 is 0 Å². The van der Waals surface area contributed by atoms with Crippen molar-refractivity contribution in [2.75, 3.05) is 5.32 Å². The van der Waals surface area contributed by atoms with E-state index < -0.39 is 6.04 Å². The number of hydrogen-bond donors (Lipinski definition) is 2. The normalized spacial score (nSPS) is 12.3. The zero-order chi connectivity index (χ0) is 20.2. The maximum absolute atomic E-state index is 12.5. The molecule has 0 aliphatic rings. The van der Waals surface area contributed by atoms with Crippen molar-refractivity contribution >= 4 is 39.4 Å². The summed E-state index contributed by atoms with van der Waals surface area (Å²) in [6.45, 7) is 3.84. The number of amides is 1. The summed E-state index contributed by atoms with van der Waals surface area (Å²) < 4.78 is 0. The molecule has 29 heavy (non-hydrogen) atoms. The number of benzene rings is 4. The zero-order valence-corrected chi connectivity index (χ0v) is 16.5. The van der Waals surface area contributed by atoms with E-state index in [0.29, 0.717) is 0 Å². The molecule has 4 rings (SSSR count). The van der Waals surface area contributed by atoms with Crippen LogP contribution in [-0.4, -0.2) is 18.2 Å². The van der Waals surface area contributed by atoms with Crippen LogP contribution in [-0.2, 0) is 4.79 Å². The summed E-state index contributed by atoms with van der Waals surface area (Å²) in [5, 5.41) is 12.0. The fourth-order valence-electron chi connectivity index (χ4n) is 3.50. The Morgan fingerprint density at radius 2 is 1.55 bits per heavy atom. The van der Waals surface area contributed by atoms with Crippen molar-refractivity contribution in [3.8, 4) is 0 Å². The van der Waals surface area contributed by atoms with E-state index in [1.807, 2.05) is 62.4 Å². The molecule has 0 aromatic heterocycles. The van der Waals surface area contributed by atoms with Gasteiger partial charge in [0, 0.05) is 11.3 Å². The molecule has 0 bridgehead atoms. The van der Waals surface area contributed by atoms with Gasteiger partial charge in [-0.1, -0.05) is 60.7 Å². The topological polar surface area (TPSA) is 53.5 Å². The van der Waals surface area contributed by atoms with Crippen LogP contribution in [0.25, 0.3) is 21.5 Å². The van der Waals surface area contributed by atoms with Gasteiger partial charge in [-0.15, -0.1) is 0 Å². The number of fused-ring (bicyclic) bond motifs is 2. The molecule has 0 spiro atoms. The van der Waals surface area contributed by atoms with Crippen molar-refractivity contribution in [3.63, 3.8) is 0 Å². The lowest BCUT2D eigenvalue weighted by molar-refractivity contribution is -0.121. The highest BCUT2D eigenvalue weighted by atomic mass is 16.2. The molecule has 4 nitrogen and oxygen atoms in total. The van der Waals surface area contributed by atoms with Gasteiger partial charge in [0.15, 0.2) is 0 Å². The van der Waals surface area contributed by atoms with E-state index in [0.717, 1.165) is 38.4 Å². The van der Waals surface area contributed by atoms with E-state index in [1.165, 1.54) is 0 Å². The van der Waals surface area contributed by atoms with Crippen molar-refractivity contribution in [1.29, 1.82) is 0 Å². The van der Waals surface area contributed by atoms with Crippen LogP contribution in [0.1, 0.15) is 18.1 Å². The first-order valence-corrected chi connectivity index (χ1v) is 9.68. The Labute approximate surface area is 170 Å². The standard InChI is InChI=1S/C25H23N3O/c1-17-8-7-11-21(14-17)27-18(2)25(29)28-26-16-24-22-12-5-3-9-19(22)15-20-10-4-6-13-23(20)24/h3-16,18,27H,1-2H3,(H,28,29)/b26-16-/t18-/m0/s1. The number of nitrogens with zero attached hydrogens (tertiary/aromatic N) is 1. The molecule has 4 aromatic rings. The number of carbonyl (C=O) groups excluding carboxylic acids is 1. The molecule has 0 radical (unpaired) electrons. The Morgan fingerprint density at radius 1 is 0.897 bits per heavy atom. The predicted molar refractivity (Wildman–Crippen MR) is 121 cm³/mol. The summed E-state index contributed by atoms with van der Waals surface area (Å²) in [5.41, 5.74) is 5.72. The number of hydrogen-bond acceptors (Lipinski definition) is 3. The molecule has 2 N–H and O–H groups in total. The van der Waals surface area contributed by atoms with E-state index >= 15 is 0 Å². The lowest BCUT2D eigenvalue weighted by Crippen LogP contribution is -2.34. The third kappa shape index (κ3) is 4.11. The van der Waals surface area contributed by atoms with E-state index in [9.17, 15) is 4.79 Å². The second-order valence-corrected chi connectivity index (χ2v) is 7.20. The molecule has 0 heterocycles. The molecule has 4 aromatic carbocycles. The monoisotopic (exact) mass is 381 g/mol. The quantitative estimate of drug-likeness (QED) is 0.282. The Balaban J connectivity index is 1.55. The van der Waals surface area contributed by atoms with Crippen LogP contribution in [0.4, 0.5) is 5.69 Å². The Bertz CT molecular complexity index is 1160. The first-order valence-electron chi connectivity index (χ1n) is 9.68. The third-order valence-electron chi connectivity index (χ3n) is 4.98. The maximum Gasteiger partial charge on any atom is 0.262 e. The minimum Gasteiger partial charge on any atom is -0.374 e. The predicted octanol–water partition coefficient (Wildman–Crippen LogP) is 5.25. The average molecular weight is 381 g/mol. The van der Waals surface area contributed by atoms with Gasteiger partial charge < -0.3 is 5.32 Å². The fraction of sp³-hybridized carbons (Fsp3) is 0.120. The van der Waals surface area contributed by atoms with Gasteiger partial charge in [0.25, 0.3) is 5.91 Å².